The van der Waals surface area contributed by atoms with E-state index in [1.54, 1.807) is 7.11 Å². The molecule has 1 aliphatic heterocycles. The molecule has 0 aliphatic carbocycles. The quantitative estimate of drug-likeness (QED) is 0.943. The summed E-state index contributed by atoms with van der Waals surface area (Å²) in [6, 6.07) is 11.7. The van der Waals surface area contributed by atoms with E-state index in [1.807, 2.05) is 37.3 Å². The van der Waals surface area contributed by atoms with Gasteiger partial charge in [0.15, 0.2) is 0 Å². The van der Waals surface area contributed by atoms with Crippen LogP contribution in [0, 0.1) is 6.92 Å². The summed E-state index contributed by atoms with van der Waals surface area (Å²) in [7, 11) is 1.60. The van der Waals surface area contributed by atoms with E-state index in [0.29, 0.717) is 17.9 Å². The van der Waals surface area contributed by atoms with Crippen molar-refractivity contribution in [3.8, 4) is 11.5 Å². The number of benzene rings is 2. The summed E-state index contributed by atoms with van der Waals surface area (Å²) in [6.07, 6.45) is 1.25. The van der Waals surface area contributed by atoms with E-state index in [4.69, 9.17) is 9.47 Å². The molecular formula is C18H19NO3. The molecule has 1 N–H and O–H groups in total. The molecule has 114 valence electrons. The third kappa shape index (κ3) is 3.06. The summed E-state index contributed by atoms with van der Waals surface area (Å²) in [5.74, 6) is 1.55. The summed E-state index contributed by atoms with van der Waals surface area (Å²) in [6.45, 7) is 2.71. The van der Waals surface area contributed by atoms with Crippen LogP contribution in [0.25, 0.3) is 0 Å². The molecule has 0 bridgehead atoms. The predicted octanol–water partition coefficient (Wildman–Crippen LogP) is 3.12. The third-order valence-electron chi connectivity index (χ3n) is 3.75. The fraction of sp³-hybridized carbons (Fsp3) is 0.278. The van der Waals surface area contributed by atoms with Gasteiger partial charge >= 0.3 is 0 Å². The Bertz CT molecular complexity index is 709. The SMILES string of the molecule is COc1ccc(C)cc1NC(=O)Cc1ccc2c(c1)CCO2. The first-order chi connectivity index (χ1) is 10.7. The number of nitrogens with one attached hydrogen (secondary N) is 1. The van der Waals surface area contributed by atoms with Gasteiger partial charge in [0, 0.05) is 6.42 Å². The molecule has 0 spiro atoms. The second kappa shape index (κ2) is 6.10. The van der Waals surface area contributed by atoms with Crippen molar-refractivity contribution in [1.82, 2.24) is 0 Å². The largest absolute Gasteiger partial charge is 0.495 e. The van der Waals surface area contributed by atoms with Gasteiger partial charge in [-0.05, 0) is 41.8 Å². The summed E-state index contributed by atoms with van der Waals surface area (Å²) >= 11 is 0. The highest BCUT2D eigenvalue weighted by Gasteiger charge is 2.14. The van der Waals surface area contributed by atoms with E-state index < -0.39 is 0 Å². The molecule has 0 atom stereocenters. The molecule has 2 aromatic rings. The maximum absolute atomic E-state index is 12.3. The zero-order chi connectivity index (χ0) is 15.5. The van der Waals surface area contributed by atoms with Gasteiger partial charge in [0.25, 0.3) is 0 Å². The van der Waals surface area contributed by atoms with Crippen molar-refractivity contribution in [3.05, 3.63) is 53.1 Å². The van der Waals surface area contributed by atoms with Gasteiger partial charge in [-0.2, -0.15) is 0 Å². The number of carbonyl (C=O) groups excluding carboxylic acids is 1. The first kappa shape index (κ1) is 14.4. The van der Waals surface area contributed by atoms with Gasteiger partial charge in [0.05, 0.1) is 25.8 Å². The normalized spacial score (nSPS) is 12.5. The molecular weight excluding hydrogens is 278 g/mol. The van der Waals surface area contributed by atoms with E-state index in [0.717, 1.165) is 29.9 Å². The fourth-order valence-electron chi connectivity index (χ4n) is 2.65. The number of methoxy groups -OCH3 is 1. The zero-order valence-electron chi connectivity index (χ0n) is 12.8. The van der Waals surface area contributed by atoms with Crippen molar-refractivity contribution >= 4 is 11.6 Å². The summed E-state index contributed by atoms with van der Waals surface area (Å²) in [5, 5.41) is 2.92. The van der Waals surface area contributed by atoms with Crippen molar-refractivity contribution in [2.45, 2.75) is 19.8 Å². The van der Waals surface area contributed by atoms with Crippen LogP contribution >= 0.6 is 0 Å². The number of anilines is 1. The molecule has 0 unspecified atom stereocenters. The highest BCUT2D eigenvalue weighted by Crippen LogP contribution is 2.27. The molecule has 4 heteroatoms. The van der Waals surface area contributed by atoms with E-state index in [2.05, 4.69) is 11.4 Å². The van der Waals surface area contributed by atoms with Crippen LogP contribution in [0.15, 0.2) is 36.4 Å². The highest BCUT2D eigenvalue weighted by molar-refractivity contribution is 5.93. The molecule has 2 aromatic carbocycles. The number of fused-ring (bicyclic) bond motifs is 1. The van der Waals surface area contributed by atoms with Crippen LogP contribution in [0.5, 0.6) is 11.5 Å². The topological polar surface area (TPSA) is 47.6 Å². The van der Waals surface area contributed by atoms with E-state index in [-0.39, 0.29) is 5.91 Å². The van der Waals surface area contributed by atoms with Gasteiger partial charge in [0.2, 0.25) is 5.91 Å². The molecule has 1 aliphatic rings. The lowest BCUT2D eigenvalue weighted by molar-refractivity contribution is -0.115. The number of aryl methyl sites for hydroxylation is 1. The van der Waals surface area contributed by atoms with Crippen molar-refractivity contribution in [2.24, 2.45) is 0 Å². The molecule has 3 rings (SSSR count). The van der Waals surface area contributed by atoms with Crippen LogP contribution in [0.4, 0.5) is 5.69 Å². The van der Waals surface area contributed by atoms with E-state index in [9.17, 15) is 4.79 Å². The predicted molar refractivity (Wildman–Crippen MR) is 85.7 cm³/mol. The Kier molecular flexibility index (Phi) is 4.00. The Morgan fingerprint density at radius 3 is 2.95 bits per heavy atom. The van der Waals surface area contributed by atoms with Crippen molar-refractivity contribution < 1.29 is 14.3 Å². The Morgan fingerprint density at radius 1 is 1.27 bits per heavy atom. The third-order valence-corrected chi connectivity index (χ3v) is 3.75. The summed E-state index contributed by atoms with van der Waals surface area (Å²) < 4.78 is 10.8. The average molecular weight is 297 g/mol. The van der Waals surface area contributed by atoms with Crippen molar-refractivity contribution in [3.63, 3.8) is 0 Å². The lowest BCUT2D eigenvalue weighted by atomic mass is 10.1. The smallest absolute Gasteiger partial charge is 0.228 e. The van der Waals surface area contributed by atoms with Gasteiger partial charge in [-0.15, -0.1) is 0 Å². The molecule has 1 heterocycles. The second-order valence-electron chi connectivity index (χ2n) is 5.47. The van der Waals surface area contributed by atoms with Crippen LogP contribution in [0.2, 0.25) is 0 Å². The molecule has 22 heavy (non-hydrogen) atoms. The first-order valence-corrected chi connectivity index (χ1v) is 7.35. The Morgan fingerprint density at radius 2 is 2.14 bits per heavy atom. The number of carbonyl (C=O) groups is 1. The average Bonchev–Trinajstić information content (AvgIpc) is 2.95. The molecule has 4 nitrogen and oxygen atoms in total. The van der Waals surface area contributed by atoms with Gasteiger partial charge in [-0.3, -0.25) is 4.79 Å². The van der Waals surface area contributed by atoms with Gasteiger partial charge in [-0.25, -0.2) is 0 Å². The Hall–Kier alpha value is -2.49. The molecule has 0 aromatic heterocycles. The second-order valence-corrected chi connectivity index (χ2v) is 5.47. The zero-order valence-corrected chi connectivity index (χ0v) is 12.8. The number of hydrogen-bond donors (Lipinski definition) is 1. The van der Waals surface area contributed by atoms with Crippen molar-refractivity contribution in [2.75, 3.05) is 19.0 Å². The van der Waals surface area contributed by atoms with Crippen LogP contribution in [-0.2, 0) is 17.6 Å². The number of ether oxygens (including phenoxy) is 2. The van der Waals surface area contributed by atoms with E-state index >= 15 is 0 Å². The fourth-order valence-corrected chi connectivity index (χ4v) is 2.65. The van der Waals surface area contributed by atoms with Gasteiger partial charge in [0.1, 0.15) is 11.5 Å². The number of amides is 1. The van der Waals surface area contributed by atoms with E-state index in [1.165, 1.54) is 5.56 Å². The number of hydrogen-bond acceptors (Lipinski definition) is 3. The maximum Gasteiger partial charge on any atom is 0.228 e. The standard InChI is InChI=1S/C18H19NO3/c1-12-3-5-17(21-2)15(9-12)19-18(20)11-13-4-6-16-14(10-13)7-8-22-16/h3-6,9-10H,7-8,11H2,1-2H3,(H,19,20). The first-order valence-electron chi connectivity index (χ1n) is 7.35. The summed E-state index contributed by atoms with van der Waals surface area (Å²) in [5.41, 5.74) is 3.95. The molecule has 1 amide bonds. The highest BCUT2D eigenvalue weighted by atomic mass is 16.5. The van der Waals surface area contributed by atoms with Crippen LogP contribution in [0.3, 0.4) is 0 Å². The van der Waals surface area contributed by atoms with Crippen LogP contribution in [0.1, 0.15) is 16.7 Å². The Labute approximate surface area is 130 Å². The molecule has 0 fully saturated rings. The molecule has 0 saturated heterocycles. The van der Waals surface area contributed by atoms with Gasteiger partial charge in [-0.1, -0.05) is 18.2 Å². The molecule has 0 radical (unpaired) electrons. The molecule has 0 saturated carbocycles. The van der Waals surface area contributed by atoms with Crippen molar-refractivity contribution in [1.29, 1.82) is 0 Å². The van der Waals surface area contributed by atoms with Crippen LogP contribution < -0.4 is 14.8 Å². The lowest BCUT2D eigenvalue weighted by Gasteiger charge is -2.11. The lowest BCUT2D eigenvalue weighted by Crippen LogP contribution is -2.15. The minimum atomic E-state index is -0.0530. The van der Waals surface area contributed by atoms with Gasteiger partial charge < -0.3 is 14.8 Å². The minimum Gasteiger partial charge on any atom is -0.495 e. The summed E-state index contributed by atoms with van der Waals surface area (Å²) in [4.78, 5) is 12.3. The Balaban J connectivity index is 1.71. The maximum atomic E-state index is 12.3. The van der Waals surface area contributed by atoms with Crippen LogP contribution in [-0.4, -0.2) is 19.6 Å². The minimum absolute atomic E-state index is 0.0530. The monoisotopic (exact) mass is 297 g/mol. The number of rotatable bonds is 4.